The molecule has 0 atom stereocenters. The summed E-state index contributed by atoms with van der Waals surface area (Å²) in [5.41, 5.74) is 0. The zero-order chi connectivity index (χ0) is 11.8. The Balaban J connectivity index is 2.03. The Labute approximate surface area is 97.6 Å². The second-order valence-corrected chi connectivity index (χ2v) is 4.36. The van der Waals surface area contributed by atoms with Crippen molar-refractivity contribution < 1.29 is 9.59 Å². The molecule has 0 aromatic carbocycles. The van der Waals surface area contributed by atoms with Crippen molar-refractivity contribution in [3.05, 3.63) is 0 Å². The van der Waals surface area contributed by atoms with E-state index >= 15 is 0 Å². The van der Waals surface area contributed by atoms with Gasteiger partial charge in [0.1, 0.15) is 6.29 Å². The van der Waals surface area contributed by atoms with E-state index in [9.17, 15) is 9.59 Å². The average molecular weight is 226 g/mol. The van der Waals surface area contributed by atoms with Crippen LogP contribution in [0.4, 0.5) is 0 Å². The molecule has 1 saturated heterocycles. The maximum atomic E-state index is 11.1. The Bertz CT molecular complexity index is 223. The Morgan fingerprint density at radius 2 is 1.81 bits per heavy atom. The molecular weight excluding hydrogens is 204 g/mol. The number of piperazine rings is 1. The van der Waals surface area contributed by atoms with Crippen LogP contribution in [0.15, 0.2) is 0 Å². The number of carbonyl (C=O) groups is 2. The van der Waals surface area contributed by atoms with Crippen LogP contribution >= 0.6 is 0 Å². The van der Waals surface area contributed by atoms with Crippen molar-refractivity contribution in [2.24, 2.45) is 0 Å². The van der Waals surface area contributed by atoms with Crippen molar-refractivity contribution in [2.75, 3.05) is 32.7 Å². The monoisotopic (exact) mass is 226 g/mol. The van der Waals surface area contributed by atoms with Gasteiger partial charge in [-0.15, -0.1) is 0 Å². The number of unbranched alkanes of at least 4 members (excludes halogenated alkanes) is 3. The number of amides is 1. The average Bonchev–Trinajstić information content (AvgIpc) is 2.29. The van der Waals surface area contributed by atoms with Crippen LogP contribution in [-0.4, -0.2) is 54.7 Å². The van der Waals surface area contributed by atoms with Gasteiger partial charge in [0.15, 0.2) is 0 Å². The zero-order valence-corrected chi connectivity index (χ0v) is 10.2. The molecule has 4 nitrogen and oxygen atoms in total. The van der Waals surface area contributed by atoms with Gasteiger partial charge in [0, 0.05) is 39.5 Å². The van der Waals surface area contributed by atoms with Crippen LogP contribution in [0.3, 0.4) is 0 Å². The van der Waals surface area contributed by atoms with Crippen molar-refractivity contribution in [2.45, 2.75) is 32.6 Å². The Morgan fingerprint density at radius 1 is 1.12 bits per heavy atom. The predicted octanol–water partition coefficient (Wildman–Crippen LogP) is 0.910. The summed E-state index contributed by atoms with van der Waals surface area (Å²) in [6.45, 7) is 6.45. The van der Waals surface area contributed by atoms with Gasteiger partial charge in [0.05, 0.1) is 0 Å². The molecular formula is C12H22N2O2. The van der Waals surface area contributed by atoms with Gasteiger partial charge in [-0.05, 0) is 19.4 Å². The first kappa shape index (κ1) is 13.2. The largest absolute Gasteiger partial charge is 0.340 e. The van der Waals surface area contributed by atoms with E-state index in [4.69, 9.17) is 0 Å². The second kappa shape index (κ2) is 7.39. The minimum absolute atomic E-state index is 0.186. The van der Waals surface area contributed by atoms with Gasteiger partial charge in [-0.2, -0.15) is 0 Å². The van der Waals surface area contributed by atoms with Gasteiger partial charge >= 0.3 is 0 Å². The van der Waals surface area contributed by atoms with E-state index in [1.165, 1.54) is 0 Å². The second-order valence-electron chi connectivity index (χ2n) is 4.36. The van der Waals surface area contributed by atoms with Gasteiger partial charge in [-0.25, -0.2) is 0 Å². The Kier molecular flexibility index (Phi) is 6.08. The van der Waals surface area contributed by atoms with Crippen LogP contribution in [0.2, 0.25) is 0 Å². The number of carbonyl (C=O) groups excluding carboxylic acids is 2. The maximum absolute atomic E-state index is 11.1. The Hall–Kier alpha value is -0.900. The molecule has 0 aromatic heterocycles. The number of aldehydes is 1. The third-order valence-corrected chi connectivity index (χ3v) is 3.11. The molecule has 1 aliphatic heterocycles. The van der Waals surface area contributed by atoms with E-state index in [0.717, 1.165) is 58.3 Å². The molecule has 16 heavy (non-hydrogen) atoms. The zero-order valence-electron chi connectivity index (χ0n) is 10.2. The minimum Gasteiger partial charge on any atom is -0.340 e. The molecule has 1 heterocycles. The normalized spacial score (nSPS) is 17.4. The summed E-state index contributed by atoms with van der Waals surface area (Å²) in [7, 11) is 0. The number of hydrogen-bond donors (Lipinski definition) is 0. The van der Waals surface area contributed by atoms with Gasteiger partial charge in [0.25, 0.3) is 0 Å². The highest BCUT2D eigenvalue weighted by Gasteiger charge is 2.17. The summed E-state index contributed by atoms with van der Waals surface area (Å²) in [4.78, 5) is 25.5. The highest BCUT2D eigenvalue weighted by Crippen LogP contribution is 2.05. The Morgan fingerprint density at radius 3 is 2.38 bits per heavy atom. The van der Waals surface area contributed by atoms with E-state index in [0.29, 0.717) is 6.42 Å². The summed E-state index contributed by atoms with van der Waals surface area (Å²) in [6.07, 6.45) is 4.99. The first-order valence-electron chi connectivity index (χ1n) is 6.15. The third kappa shape index (κ3) is 4.75. The summed E-state index contributed by atoms with van der Waals surface area (Å²) in [5.74, 6) is 0.186. The molecule has 1 aliphatic rings. The molecule has 4 heteroatoms. The third-order valence-electron chi connectivity index (χ3n) is 3.11. The maximum Gasteiger partial charge on any atom is 0.219 e. The topological polar surface area (TPSA) is 40.6 Å². The van der Waals surface area contributed by atoms with Crippen LogP contribution < -0.4 is 0 Å². The summed E-state index contributed by atoms with van der Waals surface area (Å²) < 4.78 is 0. The minimum atomic E-state index is 0.186. The molecule has 0 unspecified atom stereocenters. The van der Waals surface area contributed by atoms with Crippen molar-refractivity contribution in [3.8, 4) is 0 Å². The molecule has 0 bridgehead atoms. The SMILES string of the molecule is CC(=O)N1CCN(CCCCCC=O)CC1. The number of nitrogens with zero attached hydrogens (tertiary/aromatic N) is 2. The molecule has 1 amide bonds. The smallest absolute Gasteiger partial charge is 0.219 e. The van der Waals surface area contributed by atoms with Gasteiger partial charge in [-0.1, -0.05) is 6.42 Å². The van der Waals surface area contributed by atoms with Crippen molar-refractivity contribution >= 4 is 12.2 Å². The molecule has 0 radical (unpaired) electrons. The van der Waals surface area contributed by atoms with Gasteiger partial charge in [-0.3, -0.25) is 9.69 Å². The van der Waals surface area contributed by atoms with E-state index in [2.05, 4.69) is 4.90 Å². The standard InChI is InChI=1S/C12H22N2O2/c1-12(16)14-9-7-13(8-10-14)6-4-2-3-5-11-15/h11H,2-10H2,1H3. The highest BCUT2D eigenvalue weighted by molar-refractivity contribution is 5.73. The van der Waals surface area contributed by atoms with Crippen LogP contribution in [0.5, 0.6) is 0 Å². The van der Waals surface area contributed by atoms with Crippen molar-refractivity contribution in [1.29, 1.82) is 0 Å². The molecule has 0 aromatic rings. The number of hydrogen-bond acceptors (Lipinski definition) is 3. The molecule has 1 rings (SSSR count). The molecule has 0 aliphatic carbocycles. The molecule has 92 valence electrons. The van der Waals surface area contributed by atoms with Crippen LogP contribution in [-0.2, 0) is 9.59 Å². The first-order chi connectivity index (χ1) is 7.74. The van der Waals surface area contributed by atoms with Crippen molar-refractivity contribution in [3.63, 3.8) is 0 Å². The molecule has 0 saturated carbocycles. The lowest BCUT2D eigenvalue weighted by molar-refractivity contribution is -0.130. The summed E-state index contributed by atoms with van der Waals surface area (Å²) in [6, 6.07) is 0. The summed E-state index contributed by atoms with van der Waals surface area (Å²) >= 11 is 0. The lowest BCUT2D eigenvalue weighted by Crippen LogP contribution is -2.48. The van der Waals surface area contributed by atoms with Crippen molar-refractivity contribution in [1.82, 2.24) is 9.80 Å². The van der Waals surface area contributed by atoms with E-state index in [1.54, 1.807) is 6.92 Å². The first-order valence-corrected chi connectivity index (χ1v) is 6.15. The molecule has 0 N–H and O–H groups in total. The van der Waals surface area contributed by atoms with Gasteiger partial charge in [0.2, 0.25) is 5.91 Å². The highest BCUT2D eigenvalue weighted by atomic mass is 16.2. The fourth-order valence-electron chi connectivity index (χ4n) is 2.03. The lowest BCUT2D eigenvalue weighted by Gasteiger charge is -2.34. The van der Waals surface area contributed by atoms with Crippen LogP contribution in [0.1, 0.15) is 32.6 Å². The molecule has 1 fully saturated rings. The van der Waals surface area contributed by atoms with Crippen LogP contribution in [0, 0.1) is 0 Å². The quantitative estimate of drug-likeness (QED) is 0.499. The summed E-state index contributed by atoms with van der Waals surface area (Å²) in [5, 5.41) is 0. The van der Waals surface area contributed by atoms with E-state index in [1.807, 2.05) is 4.90 Å². The molecule has 0 spiro atoms. The van der Waals surface area contributed by atoms with E-state index < -0.39 is 0 Å². The van der Waals surface area contributed by atoms with Crippen LogP contribution in [0.25, 0.3) is 0 Å². The fraction of sp³-hybridized carbons (Fsp3) is 0.833. The fourth-order valence-corrected chi connectivity index (χ4v) is 2.03. The lowest BCUT2D eigenvalue weighted by atomic mass is 10.2. The van der Waals surface area contributed by atoms with E-state index in [-0.39, 0.29) is 5.91 Å². The number of rotatable bonds is 6. The van der Waals surface area contributed by atoms with Gasteiger partial charge < -0.3 is 9.69 Å². The predicted molar refractivity (Wildman–Crippen MR) is 63.2 cm³/mol.